The van der Waals surface area contributed by atoms with Crippen molar-refractivity contribution in [2.24, 2.45) is 5.18 Å². The second-order valence-corrected chi connectivity index (χ2v) is 3.92. The van der Waals surface area contributed by atoms with Crippen LogP contribution in [-0.2, 0) is 0 Å². The first-order chi connectivity index (χ1) is 8.79. The second kappa shape index (κ2) is 3.96. The third-order valence-electron chi connectivity index (χ3n) is 2.88. The summed E-state index contributed by atoms with van der Waals surface area (Å²) in [6, 6.07) is 10.9. The van der Waals surface area contributed by atoms with Gasteiger partial charge in [-0.3, -0.25) is 0 Å². The van der Waals surface area contributed by atoms with Gasteiger partial charge in [-0.1, -0.05) is 0 Å². The molecule has 1 aromatic carbocycles. The maximum absolute atomic E-state index is 10.4. The highest BCUT2D eigenvalue weighted by Crippen LogP contribution is 2.24. The minimum atomic E-state index is 0.413. The Kier molecular flexibility index (Phi) is 2.30. The van der Waals surface area contributed by atoms with Gasteiger partial charge in [-0.25, -0.2) is 4.98 Å². The lowest BCUT2D eigenvalue weighted by molar-refractivity contribution is 1.12. The second-order valence-electron chi connectivity index (χ2n) is 3.92. The number of nitroso groups, excluding NO2 is 1. The maximum atomic E-state index is 10.4. The molecule has 88 valence electrons. The number of nitrogen functional groups attached to an aromatic ring is 1. The normalized spacial score (nSPS) is 10.7. The summed E-state index contributed by atoms with van der Waals surface area (Å²) in [5, 5.41) is 3.79. The molecule has 0 radical (unpaired) electrons. The standard InChI is InChI=1S/C13H10N4O/c14-13-11-6-8-17(12(11)5-7-15-13)10-3-1-9(16-18)2-4-10/h1-8H,(H2,14,15). The topological polar surface area (TPSA) is 73.3 Å². The van der Waals surface area contributed by atoms with Gasteiger partial charge in [0.25, 0.3) is 0 Å². The number of hydrogen-bond acceptors (Lipinski definition) is 4. The van der Waals surface area contributed by atoms with Gasteiger partial charge >= 0.3 is 0 Å². The average Bonchev–Trinajstić information content (AvgIpc) is 2.84. The number of nitrogens with two attached hydrogens (primary N) is 1. The van der Waals surface area contributed by atoms with E-state index in [1.807, 2.05) is 35.0 Å². The van der Waals surface area contributed by atoms with Crippen molar-refractivity contribution in [3.05, 3.63) is 53.7 Å². The summed E-state index contributed by atoms with van der Waals surface area (Å²) in [6.45, 7) is 0. The van der Waals surface area contributed by atoms with E-state index in [2.05, 4.69) is 10.2 Å². The van der Waals surface area contributed by atoms with Gasteiger partial charge in [0.2, 0.25) is 0 Å². The SMILES string of the molecule is Nc1nccc2c1ccn2-c1ccc(N=O)cc1. The number of nitrogens with zero attached hydrogens (tertiary/aromatic N) is 3. The Morgan fingerprint density at radius 1 is 1.11 bits per heavy atom. The van der Waals surface area contributed by atoms with Crippen LogP contribution in [0.1, 0.15) is 0 Å². The average molecular weight is 238 g/mol. The lowest BCUT2D eigenvalue weighted by atomic mass is 10.2. The zero-order valence-corrected chi connectivity index (χ0v) is 9.45. The van der Waals surface area contributed by atoms with Crippen LogP contribution in [0.25, 0.3) is 16.6 Å². The van der Waals surface area contributed by atoms with Crippen LogP contribution in [0.15, 0.2) is 54.0 Å². The van der Waals surface area contributed by atoms with Gasteiger partial charge in [0.05, 0.1) is 5.52 Å². The van der Waals surface area contributed by atoms with Crippen LogP contribution in [-0.4, -0.2) is 9.55 Å². The Hall–Kier alpha value is -2.69. The van der Waals surface area contributed by atoms with Gasteiger partial charge in [-0.15, -0.1) is 4.91 Å². The number of hydrogen-bond donors (Lipinski definition) is 1. The van der Waals surface area contributed by atoms with E-state index in [4.69, 9.17) is 5.73 Å². The van der Waals surface area contributed by atoms with E-state index in [1.54, 1.807) is 18.3 Å². The minimum Gasteiger partial charge on any atom is -0.383 e. The van der Waals surface area contributed by atoms with E-state index in [1.165, 1.54) is 0 Å². The van der Waals surface area contributed by atoms with Gasteiger partial charge in [0, 0.05) is 23.5 Å². The van der Waals surface area contributed by atoms with Gasteiger partial charge in [0.15, 0.2) is 0 Å². The van der Waals surface area contributed by atoms with Crippen LogP contribution < -0.4 is 5.73 Å². The van der Waals surface area contributed by atoms with Crippen LogP contribution in [0, 0.1) is 4.91 Å². The van der Waals surface area contributed by atoms with Crippen LogP contribution >= 0.6 is 0 Å². The molecule has 0 unspecified atom stereocenters. The molecule has 0 aliphatic heterocycles. The predicted molar refractivity (Wildman–Crippen MR) is 70.9 cm³/mol. The van der Waals surface area contributed by atoms with E-state index < -0.39 is 0 Å². The molecule has 5 nitrogen and oxygen atoms in total. The van der Waals surface area contributed by atoms with Gasteiger partial charge < -0.3 is 10.3 Å². The fraction of sp³-hybridized carbons (Fsp3) is 0. The van der Waals surface area contributed by atoms with Gasteiger partial charge in [0.1, 0.15) is 11.5 Å². The molecule has 0 spiro atoms. The predicted octanol–water partition coefficient (Wildman–Crippen LogP) is 3.01. The zero-order chi connectivity index (χ0) is 12.5. The highest BCUT2D eigenvalue weighted by atomic mass is 16.3. The molecule has 0 saturated carbocycles. The lowest BCUT2D eigenvalue weighted by Gasteiger charge is -2.05. The molecule has 18 heavy (non-hydrogen) atoms. The minimum absolute atomic E-state index is 0.413. The molecule has 0 saturated heterocycles. The highest BCUT2D eigenvalue weighted by molar-refractivity contribution is 5.90. The number of anilines is 1. The largest absolute Gasteiger partial charge is 0.383 e. The molecular formula is C13H10N4O. The molecular weight excluding hydrogens is 228 g/mol. The number of aromatic nitrogens is 2. The van der Waals surface area contributed by atoms with E-state index in [0.29, 0.717) is 11.5 Å². The van der Waals surface area contributed by atoms with Crippen molar-refractivity contribution in [2.45, 2.75) is 0 Å². The molecule has 0 aliphatic carbocycles. The summed E-state index contributed by atoms with van der Waals surface area (Å²) in [5.41, 5.74) is 8.15. The van der Waals surface area contributed by atoms with Crippen LogP contribution in [0.5, 0.6) is 0 Å². The van der Waals surface area contributed by atoms with Crippen molar-refractivity contribution in [1.29, 1.82) is 0 Å². The summed E-state index contributed by atoms with van der Waals surface area (Å²) < 4.78 is 1.99. The van der Waals surface area contributed by atoms with E-state index >= 15 is 0 Å². The first kappa shape index (κ1) is 10.5. The highest BCUT2D eigenvalue weighted by Gasteiger charge is 2.05. The smallest absolute Gasteiger partial charge is 0.132 e. The van der Waals surface area contributed by atoms with Crippen molar-refractivity contribution in [3.63, 3.8) is 0 Å². The van der Waals surface area contributed by atoms with E-state index in [0.717, 1.165) is 16.6 Å². The molecule has 5 heteroatoms. The summed E-state index contributed by atoms with van der Waals surface area (Å²) in [5.74, 6) is 0.512. The number of rotatable bonds is 2. The molecule has 0 aliphatic rings. The summed E-state index contributed by atoms with van der Waals surface area (Å²) in [7, 11) is 0. The van der Waals surface area contributed by atoms with Crippen molar-refractivity contribution in [1.82, 2.24) is 9.55 Å². The van der Waals surface area contributed by atoms with Gasteiger partial charge in [-0.05, 0) is 41.6 Å². The Labute approximate surface area is 103 Å². The first-order valence-electron chi connectivity index (χ1n) is 5.45. The van der Waals surface area contributed by atoms with Crippen molar-refractivity contribution < 1.29 is 0 Å². The molecule has 2 aromatic heterocycles. The Balaban J connectivity index is 2.19. The van der Waals surface area contributed by atoms with E-state index in [-0.39, 0.29) is 0 Å². The monoisotopic (exact) mass is 238 g/mol. The van der Waals surface area contributed by atoms with E-state index in [9.17, 15) is 4.91 Å². The van der Waals surface area contributed by atoms with Crippen molar-refractivity contribution in [3.8, 4) is 5.69 Å². The quantitative estimate of drug-likeness (QED) is 0.697. The Bertz CT molecular complexity index is 715. The molecule has 0 atom stereocenters. The fourth-order valence-corrected chi connectivity index (χ4v) is 1.99. The summed E-state index contributed by atoms with van der Waals surface area (Å²) >= 11 is 0. The third-order valence-corrected chi connectivity index (χ3v) is 2.88. The molecule has 0 fully saturated rings. The first-order valence-corrected chi connectivity index (χ1v) is 5.45. The van der Waals surface area contributed by atoms with Crippen LogP contribution in [0.2, 0.25) is 0 Å². The number of fused-ring (bicyclic) bond motifs is 1. The van der Waals surface area contributed by atoms with Crippen molar-refractivity contribution >= 4 is 22.4 Å². The fourth-order valence-electron chi connectivity index (χ4n) is 1.99. The summed E-state index contributed by atoms with van der Waals surface area (Å²) in [4.78, 5) is 14.4. The van der Waals surface area contributed by atoms with Crippen LogP contribution in [0.3, 0.4) is 0 Å². The van der Waals surface area contributed by atoms with Gasteiger partial charge in [-0.2, -0.15) is 0 Å². The Morgan fingerprint density at radius 3 is 2.61 bits per heavy atom. The number of benzene rings is 1. The number of pyridine rings is 1. The molecule has 2 N–H and O–H groups in total. The summed E-state index contributed by atoms with van der Waals surface area (Å²) in [6.07, 6.45) is 3.60. The zero-order valence-electron chi connectivity index (χ0n) is 9.45. The third kappa shape index (κ3) is 1.53. The maximum Gasteiger partial charge on any atom is 0.132 e. The molecule has 0 amide bonds. The molecule has 3 rings (SSSR count). The lowest BCUT2D eigenvalue weighted by Crippen LogP contribution is -1.93. The molecule has 3 aromatic rings. The van der Waals surface area contributed by atoms with Crippen LogP contribution in [0.4, 0.5) is 11.5 Å². The van der Waals surface area contributed by atoms with Crippen molar-refractivity contribution in [2.75, 3.05) is 5.73 Å². The molecule has 0 bridgehead atoms. The Morgan fingerprint density at radius 2 is 1.89 bits per heavy atom. The molecule has 2 heterocycles.